The second kappa shape index (κ2) is 5.41. The molecule has 104 valence electrons. The largest absolute Gasteiger partial charge is 0.382 e. The summed E-state index contributed by atoms with van der Waals surface area (Å²) in [7, 11) is 0. The van der Waals surface area contributed by atoms with Gasteiger partial charge in [-0.3, -0.25) is 4.79 Å². The number of hydrogen-bond acceptors (Lipinski definition) is 2. The van der Waals surface area contributed by atoms with E-state index < -0.39 is 0 Å². The molecule has 0 heterocycles. The van der Waals surface area contributed by atoms with Crippen LogP contribution in [-0.2, 0) is 4.79 Å². The topological polar surface area (TPSA) is 41.1 Å². The lowest BCUT2D eigenvalue weighted by Crippen LogP contribution is -2.17. The maximum Gasteiger partial charge on any atom is 0.221 e. The molecule has 1 aliphatic carbocycles. The minimum Gasteiger partial charge on any atom is -0.382 e. The first-order chi connectivity index (χ1) is 8.85. The molecule has 1 amide bonds. The van der Waals surface area contributed by atoms with Crippen LogP contribution < -0.4 is 10.6 Å². The summed E-state index contributed by atoms with van der Waals surface area (Å²) in [5.41, 5.74) is 2.10. The number of carbonyl (C=O) groups is 1. The van der Waals surface area contributed by atoms with Crippen LogP contribution in [0, 0.1) is 5.41 Å². The number of halogens is 1. The Morgan fingerprint density at radius 1 is 1.42 bits per heavy atom. The fraction of sp³-hybridized carbons (Fsp3) is 0.533. The highest BCUT2D eigenvalue weighted by atomic mass is 35.5. The van der Waals surface area contributed by atoms with Crippen LogP contribution in [0.25, 0.3) is 0 Å². The van der Waals surface area contributed by atoms with E-state index in [-0.39, 0.29) is 5.91 Å². The zero-order valence-corrected chi connectivity index (χ0v) is 12.5. The van der Waals surface area contributed by atoms with E-state index in [4.69, 9.17) is 11.6 Å². The average molecular weight is 281 g/mol. The fourth-order valence-corrected chi connectivity index (χ4v) is 2.92. The molecular formula is C15H21ClN2O. The molecule has 0 aliphatic heterocycles. The third kappa shape index (κ3) is 3.87. The van der Waals surface area contributed by atoms with Crippen LogP contribution in [0.5, 0.6) is 0 Å². The molecule has 4 heteroatoms. The number of benzene rings is 1. The molecule has 19 heavy (non-hydrogen) atoms. The smallest absolute Gasteiger partial charge is 0.221 e. The van der Waals surface area contributed by atoms with Gasteiger partial charge in [-0.1, -0.05) is 25.4 Å². The summed E-state index contributed by atoms with van der Waals surface area (Å²) in [6.07, 6.45) is 3.62. The molecule has 0 radical (unpaired) electrons. The Kier molecular flexibility index (Phi) is 4.04. The van der Waals surface area contributed by atoms with Gasteiger partial charge in [-0.25, -0.2) is 0 Å². The van der Waals surface area contributed by atoms with Crippen molar-refractivity contribution in [1.29, 1.82) is 0 Å². The lowest BCUT2D eigenvalue weighted by Gasteiger charge is -2.19. The SMILES string of the molecule is CC(=O)Nc1ccc(NC2CCC(C)(C)C2)cc1Cl. The third-order valence-electron chi connectivity index (χ3n) is 3.62. The minimum atomic E-state index is -0.111. The molecule has 3 nitrogen and oxygen atoms in total. The molecule has 1 aliphatic rings. The second-order valence-corrected chi connectivity index (χ2v) is 6.53. The van der Waals surface area contributed by atoms with Crippen molar-refractivity contribution in [2.75, 3.05) is 10.6 Å². The van der Waals surface area contributed by atoms with E-state index in [1.807, 2.05) is 18.2 Å². The Bertz CT molecular complexity index is 485. The van der Waals surface area contributed by atoms with Crippen molar-refractivity contribution in [3.63, 3.8) is 0 Å². The summed E-state index contributed by atoms with van der Waals surface area (Å²) < 4.78 is 0. The summed E-state index contributed by atoms with van der Waals surface area (Å²) in [6.45, 7) is 6.09. The summed E-state index contributed by atoms with van der Waals surface area (Å²) in [6, 6.07) is 6.19. The molecule has 1 fully saturated rings. The number of hydrogen-bond donors (Lipinski definition) is 2. The van der Waals surface area contributed by atoms with Gasteiger partial charge in [0.05, 0.1) is 10.7 Å². The summed E-state index contributed by atoms with van der Waals surface area (Å²) in [5.74, 6) is -0.111. The highest BCUT2D eigenvalue weighted by Crippen LogP contribution is 2.38. The van der Waals surface area contributed by atoms with Gasteiger partial charge in [0.15, 0.2) is 0 Å². The first-order valence-electron chi connectivity index (χ1n) is 6.69. The Morgan fingerprint density at radius 2 is 2.16 bits per heavy atom. The standard InChI is InChI=1S/C15H21ClN2O/c1-10(19)17-14-5-4-11(8-13(14)16)18-12-6-7-15(2,3)9-12/h4-5,8,12,18H,6-7,9H2,1-3H3,(H,17,19). The van der Waals surface area contributed by atoms with Gasteiger partial charge in [0.2, 0.25) is 5.91 Å². The monoisotopic (exact) mass is 280 g/mol. The lowest BCUT2D eigenvalue weighted by atomic mass is 9.92. The van der Waals surface area contributed by atoms with Crippen molar-refractivity contribution in [3.8, 4) is 0 Å². The Hall–Kier alpha value is -1.22. The van der Waals surface area contributed by atoms with E-state index in [1.165, 1.54) is 26.2 Å². The van der Waals surface area contributed by atoms with Crippen molar-refractivity contribution >= 4 is 28.9 Å². The van der Waals surface area contributed by atoms with E-state index in [2.05, 4.69) is 24.5 Å². The normalized spacial score (nSPS) is 21.2. The number of anilines is 2. The van der Waals surface area contributed by atoms with Crippen LogP contribution in [0.3, 0.4) is 0 Å². The molecule has 0 aromatic heterocycles. The van der Waals surface area contributed by atoms with Crippen LogP contribution in [-0.4, -0.2) is 11.9 Å². The van der Waals surface area contributed by atoms with Crippen molar-refractivity contribution < 1.29 is 4.79 Å². The first kappa shape index (κ1) is 14.2. The first-order valence-corrected chi connectivity index (χ1v) is 7.07. The fourth-order valence-electron chi connectivity index (χ4n) is 2.69. The molecule has 1 atom stereocenters. The molecule has 0 saturated heterocycles. The van der Waals surface area contributed by atoms with Crippen molar-refractivity contribution in [3.05, 3.63) is 23.2 Å². The van der Waals surface area contributed by atoms with E-state index in [0.29, 0.717) is 22.2 Å². The van der Waals surface area contributed by atoms with Gasteiger partial charge in [0, 0.05) is 18.7 Å². The maximum atomic E-state index is 11.0. The van der Waals surface area contributed by atoms with Gasteiger partial charge in [0.25, 0.3) is 0 Å². The van der Waals surface area contributed by atoms with Gasteiger partial charge in [-0.15, -0.1) is 0 Å². The van der Waals surface area contributed by atoms with E-state index >= 15 is 0 Å². The predicted octanol–water partition coefficient (Wildman–Crippen LogP) is 4.29. The zero-order chi connectivity index (χ0) is 14.0. The van der Waals surface area contributed by atoms with E-state index in [1.54, 1.807) is 0 Å². The van der Waals surface area contributed by atoms with Gasteiger partial charge in [-0.2, -0.15) is 0 Å². The quantitative estimate of drug-likeness (QED) is 0.867. The Balaban J connectivity index is 2.02. The molecule has 1 aromatic carbocycles. The van der Waals surface area contributed by atoms with E-state index in [9.17, 15) is 4.79 Å². The number of amides is 1. The molecule has 0 spiro atoms. The molecule has 2 N–H and O–H groups in total. The molecule has 2 rings (SSSR count). The summed E-state index contributed by atoms with van der Waals surface area (Å²) >= 11 is 6.16. The van der Waals surface area contributed by atoms with Crippen molar-refractivity contribution in [2.45, 2.75) is 46.1 Å². The number of rotatable bonds is 3. The number of nitrogens with one attached hydrogen (secondary N) is 2. The average Bonchev–Trinajstić information content (AvgIpc) is 2.61. The predicted molar refractivity (Wildman–Crippen MR) is 80.8 cm³/mol. The molecule has 0 bridgehead atoms. The highest BCUT2D eigenvalue weighted by Gasteiger charge is 2.30. The van der Waals surface area contributed by atoms with Crippen LogP contribution in [0.15, 0.2) is 18.2 Å². The minimum absolute atomic E-state index is 0.111. The lowest BCUT2D eigenvalue weighted by molar-refractivity contribution is -0.114. The van der Waals surface area contributed by atoms with Gasteiger partial charge >= 0.3 is 0 Å². The summed E-state index contributed by atoms with van der Waals surface area (Å²) in [5, 5.41) is 6.80. The van der Waals surface area contributed by atoms with Gasteiger partial charge in [0.1, 0.15) is 0 Å². The molecular weight excluding hydrogens is 260 g/mol. The third-order valence-corrected chi connectivity index (χ3v) is 3.93. The maximum absolute atomic E-state index is 11.0. The van der Waals surface area contributed by atoms with Crippen LogP contribution in [0.4, 0.5) is 11.4 Å². The summed E-state index contributed by atoms with van der Waals surface area (Å²) in [4.78, 5) is 11.0. The van der Waals surface area contributed by atoms with Gasteiger partial charge in [-0.05, 0) is 42.9 Å². The Labute approximate surface area is 119 Å². The Morgan fingerprint density at radius 3 is 2.68 bits per heavy atom. The molecule has 1 unspecified atom stereocenters. The molecule has 1 aromatic rings. The second-order valence-electron chi connectivity index (χ2n) is 6.12. The van der Waals surface area contributed by atoms with Crippen molar-refractivity contribution in [2.24, 2.45) is 5.41 Å². The van der Waals surface area contributed by atoms with Crippen molar-refractivity contribution in [1.82, 2.24) is 0 Å². The zero-order valence-electron chi connectivity index (χ0n) is 11.7. The van der Waals surface area contributed by atoms with Crippen LogP contribution in [0.2, 0.25) is 5.02 Å². The van der Waals surface area contributed by atoms with Gasteiger partial charge < -0.3 is 10.6 Å². The number of carbonyl (C=O) groups excluding carboxylic acids is 1. The highest BCUT2D eigenvalue weighted by molar-refractivity contribution is 6.34. The van der Waals surface area contributed by atoms with Crippen LogP contribution in [0.1, 0.15) is 40.0 Å². The van der Waals surface area contributed by atoms with E-state index in [0.717, 1.165) is 5.69 Å². The molecule has 1 saturated carbocycles. The van der Waals surface area contributed by atoms with Crippen LogP contribution >= 0.6 is 11.6 Å².